The van der Waals surface area contributed by atoms with Gasteiger partial charge in [0.2, 0.25) is 5.91 Å². The highest BCUT2D eigenvalue weighted by atomic mass is 79.9. The monoisotopic (exact) mass is 440 g/mol. The molecule has 1 N–H and O–H groups in total. The molecule has 0 aliphatic heterocycles. The molecule has 0 bridgehead atoms. The number of hydrogen-bond acceptors (Lipinski definition) is 3. The number of hydrogen-bond donors (Lipinski definition) is 1. The van der Waals surface area contributed by atoms with Crippen LogP contribution < -0.4 is 5.32 Å². The molecule has 4 nitrogen and oxygen atoms in total. The Morgan fingerprint density at radius 1 is 1.18 bits per heavy atom. The quantitative estimate of drug-likeness (QED) is 0.430. The number of amides is 1. The first-order valence-electron chi connectivity index (χ1n) is 9.07. The van der Waals surface area contributed by atoms with Crippen LogP contribution in [0.15, 0.2) is 88.2 Å². The zero-order valence-electron chi connectivity index (χ0n) is 16.2. The number of nitrogens with zero attached hydrogens (tertiary/aromatic N) is 1. The van der Waals surface area contributed by atoms with E-state index in [9.17, 15) is 4.79 Å². The summed E-state index contributed by atoms with van der Waals surface area (Å²) in [4.78, 5) is 16.6. The Morgan fingerprint density at radius 2 is 1.86 bits per heavy atom. The van der Waals surface area contributed by atoms with Gasteiger partial charge >= 0.3 is 0 Å². The van der Waals surface area contributed by atoms with Gasteiger partial charge in [0.1, 0.15) is 12.4 Å². The maximum Gasteiger partial charge on any atom is 0.224 e. The third-order valence-corrected chi connectivity index (χ3v) is 4.57. The van der Waals surface area contributed by atoms with Gasteiger partial charge in [0.05, 0.1) is 24.4 Å². The molecule has 0 spiro atoms. The minimum atomic E-state index is -0.272. The summed E-state index contributed by atoms with van der Waals surface area (Å²) in [5, 5.41) is 2.92. The van der Waals surface area contributed by atoms with Gasteiger partial charge in [-0.3, -0.25) is 9.79 Å². The van der Waals surface area contributed by atoms with E-state index in [2.05, 4.69) is 32.8 Å². The fourth-order valence-electron chi connectivity index (χ4n) is 2.36. The summed E-state index contributed by atoms with van der Waals surface area (Å²) in [6.07, 6.45) is 3.79. The molecule has 2 aromatic carbocycles. The Balaban J connectivity index is 1.82. The van der Waals surface area contributed by atoms with Crippen LogP contribution in [0.3, 0.4) is 0 Å². The van der Waals surface area contributed by atoms with Gasteiger partial charge in [-0.15, -0.1) is 0 Å². The summed E-state index contributed by atoms with van der Waals surface area (Å²) < 4.78 is 6.74. The Morgan fingerprint density at radius 3 is 2.50 bits per heavy atom. The molecular formula is C23H25BrN2O2. The van der Waals surface area contributed by atoms with Crippen LogP contribution in [0.2, 0.25) is 0 Å². The third kappa shape index (κ3) is 7.53. The fourth-order valence-corrected chi connectivity index (χ4v) is 2.62. The average Bonchev–Trinajstić information content (AvgIpc) is 2.70. The van der Waals surface area contributed by atoms with E-state index in [1.54, 1.807) is 6.21 Å². The topological polar surface area (TPSA) is 50.7 Å². The zero-order chi connectivity index (χ0) is 20.4. The molecule has 0 fully saturated rings. The molecule has 2 aromatic rings. The molecule has 0 radical (unpaired) electrons. The van der Waals surface area contributed by atoms with Crippen LogP contribution in [-0.4, -0.2) is 18.2 Å². The van der Waals surface area contributed by atoms with Crippen molar-refractivity contribution in [2.24, 2.45) is 4.99 Å². The molecule has 0 aliphatic rings. The van der Waals surface area contributed by atoms with E-state index in [4.69, 9.17) is 4.74 Å². The highest BCUT2D eigenvalue weighted by Crippen LogP contribution is 2.11. The largest absolute Gasteiger partial charge is 0.488 e. The highest BCUT2D eigenvalue weighted by molar-refractivity contribution is 9.10. The normalized spacial score (nSPS) is 12.6. The maximum atomic E-state index is 12.2. The summed E-state index contributed by atoms with van der Waals surface area (Å²) >= 11 is 3.39. The molecule has 2 rings (SSSR count). The summed E-state index contributed by atoms with van der Waals surface area (Å²) in [6, 6.07) is 17.3. The number of aliphatic imine (C=N–C) groups is 1. The lowest BCUT2D eigenvalue weighted by molar-refractivity contribution is -0.120. The summed E-state index contributed by atoms with van der Waals surface area (Å²) in [5.41, 5.74) is 2.60. The number of ether oxygens (including phenoxy) is 1. The van der Waals surface area contributed by atoms with E-state index in [1.807, 2.05) is 74.5 Å². The van der Waals surface area contributed by atoms with Gasteiger partial charge < -0.3 is 10.1 Å². The lowest BCUT2D eigenvalue weighted by Gasteiger charge is -2.14. The molecule has 28 heavy (non-hydrogen) atoms. The van der Waals surface area contributed by atoms with Crippen molar-refractivity contribution in [3.05, 3.63) is 94.3 Å². The van der Waals surface area contributed by atoms with E-state index in [0.717, 1.165) is 15.6 Å². The summed E-state index contributed by atoms with van der Waals surface area (Å²) in [6.45, 7) is 8.17. The Labute approximate surface area is 175 Å². The van der Waals surface area contributed by atoms with Crippen LogP contribution in [0, 0.1) is 0 Å². The summed E-state index contributed by atoms with van der Waals surface area (Å²) in [5.74, 6) is 0.580. The SMILES string of the molecule is C=C(N=C/C(=C\C)OCc1ccccc1)C(C)NC(=O)Cc1ccc(Br)cc1. The van der Waals surface area contributed by atoms with Crippen molar-refractivity contribution in [1.29, 1.82) is 0 Å². The van der Waals surface area contributed by atoms with Crippen molar-refractivity contribution in [3.63, 3.8) is 0 Å². The lowest BCUT2D eigenvalue weighted by atomic mass is 10.1. The Hall–Kier alpha value is -2.66. The maximum absolute atomic E-state index is 12.2. The van der Waals surface area contributed by atoms with Crippen LogP contribution in [0.5, 0.6) is 0 Å². The zero-order valence-corrected chi connectivity index (χ0v) is 17.8. The van der Waals surface area contributed by atoms with Gasteiger partial charge in [-0.05, 0) is 43.2 Å². The van der Waals surface area contributed by atoms with Crippen molar-refractivity contribution in [2.45, 2.75) is 32.9 Å². The molecule has 1 amide bonds. The van der Waals surface area contributed by atoms with Gasteiger partial charge in [-0.1, -0.05) is 65.0 Å². The molecule has 0 aliphatic carbocycles. The van der Waals surface area contributed by atoms with Crippen LogP contribution >= 0.6 is 15.9 Å². The molecule has 0 heterocycles. The summed E-state index contributed by atoms with van der Waals surface area (Å²) in [7, 11) is 0. The Bertz CT molecular complexity index is 843. The Kier molecular flexibility index (Phi) is 8.69. The molecule has 1 atom stereocenters. The van der Waals surface area contributed by atoms with E-state index in [-0.39, 0.29) is 11.9 Å². The van der Waals surface area contributed by atoms with Crippen LogP contribution in [0.1, 0.15) is 25.0 Å². The number of nitrogens with one attached hydrogen (secondary N) is 1. The highest BCUT2D eigenvalue weighted by Gasteiger charge is 2.10. The van der Waals surface area contributed by atoms with Crippen molar-refractivity contribution in [1.82, 2.24) is 5.32 Å². The number of halogens is 1. The third-order valence-electron chi connectivity index (χ3n) is 4.05. The van der Waals surface area contributed by atoms with Crippen molar-refractivity contribution < 1.29 is 9.53 Å². The smallest absolute Gasteiger partial charge is 0.224 e. The minimum absolute atomic E-state index is 0.0715. The van der Waals surface area contributed by atoms with Crippen molar-refractivity contribution in [2.75, 3.05) is 0 Å². The first-order valence-corrected chi connectivity index (χ1v) is 9.87. The average molecular weight is 441 g/mol. The van der Waals surface area contributed by atoms with Crippen molar-refractivity contribution in [3.8, 4) is 0 Å². The molecule has 5 heteroatoms. The van der Waals surface area contributed by atoms with Gasteiger partial charge in [-0.2, -0.15) is 0 Å². The second-order valence-corrected chi connectivity index (χ2v) is 7.22. The van der Waals surface area contributed by atoms with E-state index >= 15 is 0 Å². The number of benzene rings is 2. The predicted octanol–water partition coefficient (Wildman–Crippen LogP) is 5.20. The van der Waals surface area contributed by atoms with E-state index in [1.165, 1.54) is 0 Å². The molecule has 0 saturated carbocycles. The number of rotatable bonds is 9. The number of carbonyl (C=O) groups is 1. The first kappa shape index (κ1) is 21.6. The molecule has 1 unspecified atom stereocenters. The van der Waals surface area contributed by atoms with Gasteiger partial charge in [0, 0.05) is 4.47 Å². The predicted molar refractivity (Wildman–Crippen MR) is 118 cm³/mol. The number of allylic oxidation sites excluding steroid dienone is 2. The second kappa shape index (κ2) is 11.2. The lowest BCUT2D eigenvalue weighted by Crippen LogP contribution is -2.34. The van der Waals surface area contributed by atoms with Gasteiger partial charge in [-0.25, -0.2) is 0 Å². The first-order chi connectivity index (χ1) is 13.5. The van der Waals surface area contributed by atoms with Crippen LogP contribution in [0.25, 0.3) is 0 Å². The minimum Gasteiger partial charge on any atom is -0.488 e. The van der Waals surface area contributed by atoms with Gasteiger partial charge in [0.15, 0.2) is 0 Å². The fraction of sp³-hybridized carbons (Fsp3) is 0.217. The van der Waals surface area contributed by atoms with Crippen molar-refractivity contribution >= 4 is 28.1 Å². The second-order valence-electron chi connectivity index (χ2n) is 6.31. The van der Waals surface area contributed by atoms with E-state index < -0.39 is 0 Å². The molecule has 0 saturated heterocycles. The molecule has 146 valence electrons. The van der Waals surface area contributed by atoms with Crippen LogP contribution in [0.4, 0.5) is 0 Å². The standard InChI is InChI=1S/C23H25BrN2O2/c1-4-22(28-16-20-8-6-5-7-9-20)15-25-17(2)18(3)26-23(27)14-19-10-12-21(24)13-11-19/h4-13,15,18H,2,14,16H2,1,3H3,(H,26,27)/b22-4+,25-15?. The molecular weight excluding hydrogens is 416 g/mol. The number of carbonyl (C=O) groups excluding carboxylic acids is 1. The van der Waals surface area contributed by atoms with E-state index in [0.29, 0.717) is 24.5 Å². The van der Waals surface area contributed by atoms with Gasteiger partial charge in [0.25, 0.3) is 0 Å². The molecule has 0 aromatic heterocycles. The van der Waals surface area contributed by atoms with Crippen LogP contribution in [-0.2, 0) is 22.6 Å².